The number of anilines is 2. The van der Waals surface area contributed by atoms with E-state index in [9.17, 15) is 19.6 Å². The van der Waals surface area contributed by atoms with Crippen LogP contribution < -0.4 is 10.9 Å². The number of ether oxygens (including phenoxy) is 3. The molecular weight excluding hydrogens is 564 g/mol. The normalized spacial score (nSPS) is 24.1. The molecule has 0 radical (unpaired) electrons. The van der Waals surface area contributed by atoms with Crippen LogP contribution in [-0.4, -0.2) is 75.2 Å². The third-order valence-corrected chi connectivity index (χ3v) is 7.98. The lowest BCUT2D eigenvalue weighted by atomic mass is 9.87. The standard InChI is InChI=1S/C32H40N6O6/c1-19-15-22(7-8-23(19)29(40)37-16-20(2)43-21(3)17-37)35-27-26-24(10-14-34-28(26)39)38(36-27)32(12-13-33)11-9-25(42-18-32)30(41)44-31(4,5)6/h7-8,10,14-15,20-21,25H,9,11-12,16-18H2,1-6H3,(H,34,39)(H,35,36)/t20-,21-,25+,32+/m1/s1. The number of hydrogen-bond donors (Lipinski definition) is 2. The van der Waals surface area contributed by atoms with E-state index in [4.69, 9.17) is 19.3 Å². The Balaban J connectivity index is 1.43. The van der Waals surface area contributed by atoms with Crippen molar-refractivity contribution < 1.29 is 23.8 Å². The quantitative estimate of drug-likeness (QED) is 0.395. The van der Waals surface area contributed by atoms with Crippen LogP contribution in [-0.2, 0) is 24.5 Å². The first kappa shape index (κ1) is 31.2. The number of pyridine rings is 1. The van der Waals surface area contributed by atoms with Crippen molar-refractivity contribution in [1.29, 1.82) is 5.26 Å². The van der Waals surface area contributed by atoms with Gasteiger partial charge in [-0.25, -0.2) is 4.79 Å². The second kappa shape index (κ2) is 12.1. The number of morpholine rings is 1. The second-order valence-corrected chi connectivity index (χ2v) is 12.9. The van der Waals surface area contributed by atoms with E-state index in [1.54, 1.807) is 43.7 Å². The third-order valence-electron chi connectivity index (χ3n) is 7.98. The van der Waals surface area contributed by atoms with Gasteiger partial charge in [0.2, 0.25) is 0 Å². The van der Waals surface area contributed by atoms with Gasteiger partial charge in [0.25, 0.3) is 11.5 Å². The number of benzene rings is 1. The molecule has 2 aliphatic rings. The predicted octanol–water partition coefficient (Wildman–Crippen LogP) is 4.16. The van der Waals surface area contributed by atoms with Crippen LogP contribution >= 0.6 is 0 Å². The molecule has 1 aromatic carbocycles. The number of carbonyl (C=O) groups is 2. The van der Waals surface area contributed by atoms with Crippen molar-refractivity contribution in [3.05, 3.63) is 51.9 Å². The number of amides is 1. The molecule has 4 atom stereocenters. The minimum absolute atomic E-state index is 0.0347. The Hall–Kier alpha value is -4.21. The van der Waals surface area contributed by atoms with E-state index >= 15 is 0 Å². The molecular formula is C32H40N6O6. The predicted molar refractivity (Wildman–Crippen MR) is 164 cm³/mol. The van der Waals surface area contributed by atoms with E-state index in [1.165, 1.54) is 6.20 Å². The summed E-state index contributed by atoms with van der Waals surface area (Å²) >= 11 is 0. The Labute approximate surface area is 256 Å². The van der Waals surface area contributed by atoms with Crippen LogP contribution in [0.1, 0.15) is 69.8 Å². The SMILES string of the molecule is Cc1cc(Nc2nn([C@]3(CC#N)CC[C@@H](C(=O)OC(C)(C)C)OC3)c3cc[nH]c(=O)c23)ccc1C(=O)N1C[C@@H](C)O[C@H](C)C1. The topological polar surface area (TPSA) is 152 Å². The highest BCUT2D eigenvalue weighted by Gasteiger charge is 2.43. The smallest absolute Gasteiger partial charge is 0.335 e. The van der Waals surface area contributed by atoms with E-state index in [1.807, 2.05) is 31.7 Å². The van der Waals surface area contributed by atoms with Gasteiger partial charge in [-0.15, -0.1) is 0 Å². The molecule has 5 rings (SSSR count). The van der Waals surface area contributed by atoms with Gasteiger partial charge in [0.1, 0.15) is 11.0 Å². The molecule has 44 heavy (non-hydrogen) atoms. The number of nitriles is 1. The van der Waals surface area contributed by atoms with E-state index in [0.717, 1.165) is 5.56 Å². The minimum Gasteiger partial charge on any atom is -0.458 e. The van der Waals surface area contributed by atoms with Crippen molar-refractivity contribution in [3.8, 4) is 6.07 Å². The molecule has 2 saturated heterocycles. The molecule has 0 spiro atoms. The molecule has 12 heteroatoms. The van der Waals surface area contributed by atoms with Crippen LogP contribution in [0.3, 0.4) is 0 Å². The highest BCUT2D eigenvalue weighted by atomic mass is 16.6. The fraction of sp³-hybridized carbons (Fsp3) is 0.531. The van der Waals surface area contributed by atoms with E-state index in [0.29, 0.717) is 53.9 Å². The van der Waals surface area contributed by atoms with E-state index < -0.39 is 23.2 Å². The Bertz CT molecular complexity index is 1650. The number of hydrogen-bond acceptors (Lipinski definition) is 9. The van der Waals surface area contributed by atoms with Gasteiger partial charge in [-0.05, 0) is 84.2 Å². The van der Waals surface area contributed by atoms with Gasteiger partial charge in [-0.1, -0.05) is 0 Å². The third kappa shape index (κ3) is 6.34. The molecule has 2 N–H and O–H groups in total. The highest BCUT2D eigenvalue weighted by Crippen LogP contribution is 2.37. The van der Waals surface area contributed by atoms with Crippen molar-refractivity contribution >= 4 is 34.3 Å². The first-order chi connectivity index (χ1) is 20.8. The number of aryl methyl sites for hydroxylation is 1. The maximum atomic E-state index is 13.3. The Morgan fingerprint density at radius 2 is 1.95 bits per heavy atom. The number of nitrogens with one attached hydrogen (secondary N) is 2. The van der Waals surface area contributed by atoms with Gasteiger partial charge in [0.15, 0.2) is 11.9 Å². The fourth-order valence-electron chi connectivity index (χ4n) is 6.05. The zero-order chi connectivity index (χ0) is 31.8. The summed E-state index contributed by atoms with van der Waals surface area (Å²) in [7, 11) is 0. The summed E-state index contributed by atoms with van der Waals surface area (Å²) in [5.41, 5.74) is 0.659. The summed E-state index contributed by atoms with van der Waals surface area (Å²) < 4.78 is 19.0. The number of carbonyl (C=O) groups excluding carboxylic acids is 2. The molecule has 2 aliphatic heterocycles. The van der Waals surface area contributed by atoms with Crippen molar-refractivity contribution in [2.75, 3.05) is 25.0 Å². The molecule has 12 nitrogen and oxygen atoms in total. The average molecular weight is 605 g/mol. The van der Waals surface area contributed by atoms with Crippen molar-refractivity contribution in [2.24, 2.45) is 0 Å². The van der Waals surface area contributed by atoms with Crippen LogP contribution in [0.4, 0.5) is 11.5 Å². The zero-order valence-corrected chi connectivity index (χ0v) is 26.1. The molecule has 0 unspecified atom stereocenters. The summed E-state index contributed by atoms with van der Waals surface area (Å²) in [5, 5.41) is 18.2. The first-order valence-corrected chi connectivity index (χ1v) is 14.9. The van der Waals surface area contributed by atoms with Gasteiger partial charge in [0.05, 0.1) is 42.4 Å². The Morgan fingerprint density at radius 1 is 1.23 bits per heavy atom. The number of H-pyrrole nitrogens is 1. The first-order valence-electron chi connectivity index (χ1n) is 14.9. The fourth-order valence-corrected chi connectivity index (χ4v) is 6.05. The second-order valence-electron chi connectivity index (χ2n) is 12.9. The maximum absolute atomic E-state index is 13.3. The molecule has 4 heterocycles. The minimum atomic E-state index is -0.905. The molecule has 1 amide bonds. The van der Waals surface area contributed by atoms with Crippen LogP contribution in [0, 0.1) is 18.3 Å². The largest absolute Gasteiger partial charge is 0.458 e. The van der Waals surface area contributed by atoms with Crippen LogP contribution in [0.2, 0.25) is 0 Å². The van der Waals surface area contributed by atoms with Gasteiger partial charge in [-0.2, -0.15) is 10.4 Å². The summed E-state index contributed by atoms with van der Waals surface area (Å²) in [6, 6.07) is 9.40. The van der Waals surface area contributed by atoms with E-state index in [2.05, 4.69) is 16.4 Å². The molecule has 0 bridgehead atoms. The number of aromatic nitrogens is 3. The highest BCUT2D eigenvalue weighted by molar-refractivity contribution is 5.97. The number of aromatic amines is 1. The summed E-state index contributed by atoms with van der Waals surface area (Å²) in [5.74, 6) is -0.187. The van der Waals surface area contributed by atoms with Crippen LogP contribution in [0.25, 0.3) is 10.9 Å². The number of rotatable bonds is 6. The number of fused-ring (bicyclic) bond motifs is 1. The van der Waals surface area contributed by atoms with Gasteiger partial charge >= 0.3 is 5.97 Å². The van der Waals surface area contributed by atoms with E-state index in [-0.39, 0.29) is 36.7 Å². The molecule has 234 valence electrons. The lowest BCUT2D eigenvalue weighted by Gasteiger charge is -2.39. The van der Waals surface area contributed by atoms with Crippen molar-refractivity contribution in [2.45, 2.75) is 90.3 Å². The number of esters is 1. The van der Waals surface area contributed by atoms with Crippen molar-refractivity contribution in [3.63, 3.8) is 0 Å². The number of nitrogens with zero attached hydrogens (tertiary/aromatic N) is 4. The summed E-state index contributed by atoms with van der Waals surface area (Å²) in [6.07, 6.45) is 1.53. The van der Waals surface area contributed by atoms with Gasteiger partial charge in [-0.3, -0.25) is 14.3 Å². The van der Waals surface area contributed by atoms with Crippen molar-refractivity contribution in [1.82, 2.24) is 19.7 Å². The zero-order valence-electron chi connectivity index (χ0n) is 26.1. The molecule has 2 fully saturated rings. The summed E-state index contributed by atoms with van der Waals surface area (Å²) in [4.78, 5) is 43.6. The lowest BCUT2D eigenvalue weighted by molar-refractivity contribution is -0.176. The Morgan fingerprint density at radius 3 is 2.57 bits per heavy atom. The average Bonchev–Trinajstić information content (AvgIpc) is 3.32. The maximum Gasteiger partial charge on any atom is 0.335 e. The molecule has 0 aliphatic carbocycles. The summed E-state index contributed by atoms with van der Waals surface area (Å²) in [6.45, 7) is 12.3. The lowest BCUT2D eigenvalue weighted by Crippen LogP contribution is -2.48. The molecule has 0 saturated carbocycles. The van der Waals surface area contributed by atoms with Crippen LogP contribution in [0.15, 0.2) is 35.3 Å². The molecule has 2 aromatic heterocycles. The Kier molecular flexibility index (Phi) is 8.55. The monoisotopic (exact) mass is 604 g/mol. The molecule has 3 aromatic rings. The van der Waals surface area contributed by atoms with Gasteiger partial charge < -0.3 is 29.4 Å². The van der Waals surface area contributed by atoms with Gasteiger partial charge in [0, 0.05) is 30.5 Å². The van der Waals surface area contributed by atoms with Crippen LogP contribution in [0.5, 0.6) is 0 Å².